The van der Waals surface area contributed by atoms with Crippen molar-refractivity contribution in [3.63, 3.8) is 0 Å². The summed E-state index contributed by atoms with van der Waals surface area (Å²) in [4.78, 5) is 12.2. The summed E-state index contributed by atoms with van der Waals surface area (Å²) in [5.41, 5.74) is 0.296. The van der Waals surface area contributed by atoms with E-state index in [2.05, 4.69) is 17.6 Å². The van der Waals surface area contributed by atoms with Gasteiger partial charge in [0.05, 0.1) is 12.7 Å². The van der Waals surface area contributed by atoms with Gasteiger partial charge in [-0.25, -0.2) is 0 Å². The average Bonchev–Trinajstić information content (AvgIpc) is 2.49. The molecule has 2 rings (SSSR count). The van der Waals surface area contributed by atoms with E-state index < -0.39 is 0 Å². The van der Waals surface area contributed by atoms with Crippen molar-refractivity contribution in [3.05, 3.63) is 23.8 Å². The number of amides is 1. The molecule has 116 valence electrons. The summed E-state index contributed by atoms with van der Waals surface area (Å²) in [5, 5.41) is 16.3. The third-order valence-electron chi connectivity index (χ3n) is 4.00. The molecule has 5 nitrogen and oxygen atoms in total. The standard InChI is InChI=1S/C16H24N2O3/c1-3-17-11-4-6-12(7-5-11)18-16(20)14-9-8-13(21-2)10-15(14)19/h8-12,17,19H,3-7H2,1-2H3,(H,18,20). The summed E-state index contributed by atoms with van der Waals surface area (Å²) in [6, 6.07) is 5.48. The highest BCUT2D eigenvalue weighted by molar-refractivity contribution is 5.97. The van der Waals surface area contributed by atoms with Gasteiger partial charge in [0.25, 0.3) is 5.91 Å². The Kier molecular flexibility index (Phi) is 5.44. The molecule has 0 atom stereocenters. The molecular weight excluding hydrogens is 268 g/mol. The number of ether oxygens (including phenoxy) is 1. The maximum atomic E-state index is 12.2. The predicted molar refractivity (Wildman–Crippen MR) is 81.8 cm³/mol. The number of rotatable bonds is 5. The Morgan fingerprint density at radius 1 is 1.29 bits per heavy atom. The topological polar surface area (TPSA) is 70.6 Å². The number of aromatic hydroxyl groups is 1. The Balaban J connectivity index is 1.90. The van der Waals surface area contributed by atoms with Crippen LogP contribution >= 0.6 is 0 Å². The molecule has 5 heteroatoms. The first-order valence-electron chi connectivity index (χ1n) is 7.55. The second-order valence-corrected chi connectivity index (χ2v) is 5.46. The summed E-state index contributed by atoms with van der Waals surface area (Å²) in [5.74, 6) is 0.269. The molecule has 1 amide bonds. The van der Waals surface area contributed by atoms with E-state index in [1.165, 1.54) is 13.2 Å². The van der Waals surface area contributed by atoms with E-state index >= 15 is 0 Å². The molecule has 0 heterocycles. The molecule has 0 bridgehead atoms. The second kappa shape index (κ2) is 7.31. The molecule has 1 aromatic carbocycles. The molecule has 1 aliphatic carbocycles. The van der Waals surface area contributed by atoms with E-state index in [0.29, 0.717) is 17.4 Å². The molecule has 0 aromatic heterocycles. The fourth-order valence-corrected chi connectivity index (χ4v) is 2.82. The van der Waals surface area contributed by atoms with Gasteiger partial charge >= 0.3 is 0 Å². The molecule has 1 aliphatic rings. The zero-order valence-corrected chi connectivity index (χ0v) is 12.7. The number of carbonyl (C=O) groups excluding carboxylic acids is 1. The van der Waals surface area contributed by atoms with Crippen molar-refractivity contribution in [2.45, 2.75) is 44.7 Å². The van der Waals surface area contributed by atoms with Gasteiger partial charge in [-0.05, 0) is 44.4 Å². The highest BCUT2D eigenvalue weighted by Crippen LogP contribution is 2.24. The quantitative estimate of drug-likeness (QED) is 0.777. The number of carbonyl (C=O) groups is 1. The van der Waals surface area contributed by atoms with Crippen LogP contribution in [0.2, 0.25) is 0 Å². The summed E-state index contributed by atoms with van der Waals surface area (Å²) in [6.45, 7) is 3.10. The molecule has 1 aromatic rings. The van der Waals surface area contributed by atoms with Crippen LogP contribution in [0.1, 0.15) is 43.0 Å². The first kappa shape index (κ1) is 15.6. The van der Waals surface area contributed by atoms with E-state index in [4.69, 9.17) is 4.74 Å². The van der Waals surface area contributed by atoms with Crippen LogP contribution in [-0.2, 0) is 0 Å². The molecule has 0 aliphatic heterocycles. The van der Waals surface area contributed by atoms with E-state index in [0.717, 1.165) is 32.2 Å². The first-order valence-corrected chi connectivity index (χ1v) is 7.55. The largest absolute Gasteiger partial charge is 0.507 e. The molecule has 21 heavy (non-hydrogen) atoms. The van der Waals surface area contributed by atoms with Crippen molar-refractivity contribution >= 4 is 5.91 Å². The van der Waals surface area contributed by atoms with Crippen LogP contribution in [0.5, 0.6) is 11.5 Å². The fourth-order valence-electron chi connectivity index (χ4n) is 2.82. The van der Waals surface area contributed by atoms with Crippen molar-refractivity contribution < 1.29 is 14.6 Å². The highest BCUT2D eigenvalue weighted by atomic mass is 16.5. The van der Waals surface area contributed by atoms with Crippen molar-refractivity contribution in [1.82, 2.24) is 10.6 Å². The number of benzene rings is 1. The molecule has 1 saturated carbocycles. The highest BCUT2D eigenvalue weighted by Gasteiger charge is 2.23. The summed E-state index contributed by atoms with van der Waals surface area (Å²) >= 11 is 0. The molecular formula is C16H24N2O3. The van der Waals surface area contributed by atoms with E-state index in [9.17, 15) is 9.90 Å². The zero-order valence-electron chi connectivity index (χ0n) is 12.7. The molecule has 3 N–H and O–H groups in total. The van der Waals surface area contributed by atoms with Crippen molar-refractivity contribution in [1.29, 1.82) is 0 Å². The number of phenolic OH excluding ortho intramolecular Hbond substituents is 1. The summed E-state index contributed by atoms with van der Waals surface area (Å²) < 4.78 is 5.02. The second-order valence-electron chi connectivity index (χ2n) is 5.46. The summed E-state index contributed by atoms with van der Waals surface area (Å²) in [6.07, 6.45) is 4.10. The van der Waals surface area contributed by atoms with E-state index in [1.54, 1.807) is 12.1 Å². The smallest absolute Gasteiger partial charge is 0.255 e. The number of hydrogen-bond acceptors (Lipinski definition) is 4. The van der Waals surface area contributed by atoms with Gasteiger partial charge in [0.2, 0.25) is 0 Å². The van der Waals surface area contributed by atoms with Crippen LogP contribution in [0.4, 0.5) is 0 Å². The fraction of sp³-hybridized carbons (Fsp3) is 0.562. The molecule has 0 saturated heterocycles. The number of methoxy groups -OCH3 is 1. The van der Waals surface area contributed by atoms with Crippen molar-refractivity contribution in [3.8, 4) is 11.5 Å². The lowest BCUT2D eigenvalue weighted by molar-refractivity contribution is 0.0921. The zero-order chi connectivity index (χ0) is 15.2. The van der Waals surface area contributed by atoms with Gasteiger partial charge in [-0.3, -0.25) is 4.79 Å². The summed E-state index contributed by atoms with van der Waals surface area (Å²) in [7, 11) is 1.53. The SMILES string of the molecule is CCNC1CCC(NC(=O)c2ccc(OC)cc2O)CC1. The van der Waals surface area contributed by atoms with Crippen LogP contribution in [0.15, 0.2) is 18.2 Å². The molecule has 1 fully saturated rings. The van der Waals surface area contributed by atoms with Crippen LogP contribution in [0, 0.1) is 0 Å². The van der Waals surface area contributed by atoms with Gasteiger partial charge in [-0.15, -0.1) is 0 Å². The lowest BCUT2D eigenvalue weighted by Gasteiger charge is -2.29. The van der Waals surface area contributed by atoms with Crippen molar-refractivity contribution in [2.24, 2.45) is 0 Å². The van der Waals surface area contributed by atoms with Gasteiger partial charge in [-0.2, -0.15) is 0 Å². The van der Waals surface area contributed by atoms with Crippen LogP contribution in [0.3, 0.4) is 0 Å². The third kappa shape index (κ3) is 4.11. The number of nitrogens with one attached hydrogen (secondary N) is 2. The van der Waals surface area contributed by atoms with Crippen molar-refractivity contribution in [2.75, 3.05) is 13.7 Å². The minimum atomic E-state index is -0.220. The monoisotopic (exact) mass is 292 g/mol. The Hall–Kier alpha value is -1.75. The minimum Gasteiger partial charge on any atom is -0.507 e. The first-order chi connectivity index (χ1) is 10.1. The van der Waals surface area contributed by atoms with Gasteiger partial charge in [0, 0.05) is 18.2 Å². The van der Waals surface area contributed by atoms with E-state index in [1.807, 2.05) is 0 Å². The Labute approximate surface area is 125 Å². The average molecular weight is 292 g/mol. The Morgan fingerprint density at radius 3 is 2.52 bits per heavy atom. The van der Waals surface area contributed by atoms with Crippen LogP contribution in [0.25, 0.3) is 0 Å². The molecule has 0 radical (unpaired) electrons. The Morgan fingerprint density at radius 2 is 1.95 bits per heavy atom. The lowest BCUT2D eigenvalue weighted by atomic mass is 9.91. The molecule has 0 unspecified atom stereocenters. The van der Waals surface area contributed by atoms with Crippen LogP contribution in [-0.4, -0.2) is 36.8 Å². The lowest BCUT2D eigenvalue weighted by Crippen LogP contribution is -2.42. The molecule has 0 spiro atoms. The van der Waals surface area contributed by atoms with Gasteiger partial charge in [-0.1, -0.05) is 6.92 Å². The predicted octanol–water partition coefficient (Wildman–Crippen LogP) is 2.05. The van der Waals surface area contributed by atoms with Gasteiger partial charge in [0.1, 0.15) is 11.5 Å². The number of phenols is 1. The van der Waals surface area contributed by atoms with Crippen LogP contribution < -0.4 is 15.4 Å². The normalized spacial score (nSPS) is 21.8. The van der Waals surface area contributed by atoms with E-state index in [-0.39, 0.29) is 17.7 Å². The Bertz CT molecular complexity index is 482. The minimum absolute atomic E-state index is 0.0480. The van der Waals surface area contributed by atoms with Gasteiger partial charge in [0.15, 0.2) is 0 Å². The van der Waals surface area contributed by atoms with Gasteiger partial charge < -0.3 is 20.5 Å². The number of hydrogen-bond donors (Lipinski definition) is 3. The maximum absolute atomic E-state index is 12.2. The third-order valence-corrected chi connectivity index (χ3v) is 4.00. The maximum Gasteiger partial charge on any atom is 0.255 e.